The van der Waals surface area contributed by atoms with Gasteiger partial charge in [-0.3, -0.25) is 10.2 Å². The molecule has 3 heteroatoms. The van der Waals surface area contributed by atoms with E-state index in [0.717, 1.165) is 25.8 Å². The maximum atomic E-state index is 11.1. The van der Waals surface area contributed by atoms with Gasteiger partial charge in [0, 0.05) is 12.1 Å². The van der Waals surface area contributed by atoms with Gasteiger partial charge >= 0.3 is 0 Å². The molecule has 0 aliphatic heterocycles. The Morgan fingerprint density at radius 1 is 1.24 bits per heavy atom. The average Bonchev–Trinajstić information content (AvgIpc) is 2.34. The number of hydrazine groups is 1. The van der Waals surface area contributed by atoms with Crippen LogP contribution in [0.5, 0.6) is 0 Å². The number of benzene rings is 1. The van der Waals surface area contributed by atoms with E-state index < -0.39 is 0 Å². The summed E-state index contributed by atoms with van der Waals surface area (Å²) in [5, 5.41) is 0. The number of rotatable bonds is 7. The maximum Gasteiger partial charge on any atom is 0.260 e. The van der Waals surface area contributed by atoms with Crippen molar-refractivity contribution in [2.75, 3.05) is 6.54 Å². The predicted molar refractivity (Wildman–Crippen MR) is 70.3 cm³/mol. The van der Waals surface area contributed by atoms with E-state index in [2.05, 4.69) is 41.7 Å². The lowest BCUT2D eigenvalue weighted by molar-refractivity contribution is -0.118. The molecule has 0 aliphatic rings. The van der Waals surface area contributed by atoms with Crippen LogP contribution in [0.15, 0.2) is 42.5 Å². The predicted octanol–water partition coefficient (Wildman–Crippen LogP) is 2.21. The zero-order chi connectivity index (χ0) is 12.5. The molecular weight excluding hydrogens is 212 g/mol. The Bertz CT molecular complexity index is 360. The summed E-state index contributed by atoms with van der Waals surface area (Å²) < 4.78 is 0. The highest BCUT2D eigenvalue weighted by atomic mass is 16.2. The number of hydrogen-bond acceptors (Lipinski definition) is 2. The van der Waals surface area contributed by atoms with Gasteiger partial charge in [-0.25, -0.2) is 5.43 Å². The van der Waals surface area contributed by atoms with Crippen LogP contribution in [0.2, 0.25) is 0 Å². The van der Waals surface area contributed by atoms with E-state index in [1.54, 1.807) is 6.92 Å². The lowest BCUT2D eigenvalue weighted by Crippen LogP contribution is -2.38. The number of carbonyl (C=O) groups is 1. The van der Waals surface area contributed by atoms with Crippen LogP contribution in [0.3, 0.4) is 0 Å². The first kappa shape index (κ1) is 13.5. The van der Waals surface area contributed by atoms with Crippen LogP contribution >= 0.6 is 0 Å². The number of aryl methyl sites for hydroxylation is 1. The van der Waals surface area contributed by atoms with Gasteiger partial charge in [-0.05, 0) is 31.7 Å². The van der Waals surface area contributed by atoms with Crippen LogP contribution in [0.4, 0.5) is 0 Å². The van der Waals surface area contributed by atoms with Gasteiger partial charge in [0.05, 0.1) is 0 Å². The van der Waals surface area contributed by atoms with Gasteiger partial charge in [0.15, 0.2) is 0 Å². The van der Waals surface area contributed by atoms with Crippen LogP contribution in [0.1, 0.15) is 25.3 Å². The van der Waals surface area contributed by atoms with E-state index >= 15 is 0 Å². The number of unbranched alkanes of at least 4 members (excludes halogenated alkanes) is 1. The van der Waals surface area contributed by atoms with Gasteiger partial charge in [0.2, 0.25) is 0 Å². The minimum Gasteiger partial charge on any atom is -0.288 e. The molecule has 0 spiro atoms. The van der Waals surface area contributed by atoms with E-state index in [1.807, 2.05) is 6.07 Å². The Morgan fingerprint density at radius 2 is 1.94 bits per heavy atom. The smallest absolute Gasteiger partial charge is 0.260 e. The summed E-state index contributed by atoms with van der Waals surface area (Å²) in [4.78, 5) is 11.1. The molecular formula is C14H20N2O. The third kappa shape index (κ3) is 5.88. The zero-order valence-corrected chi connectivity index (χ0v) is 10.3. The van der Waals surface area contributed by atoms with E-state index in [4.69, 9.17) is 0 Å². The van der Waals surface area contributed by atoms with Crippen molar-refractivity contribution in [2.45, 2.75) is 26.2 Å². The third-order valence-electron chi connectivity index (χ3n) is 2.45. The molecule has 0 unspecified atom stereocenters. The number of carbonyl (C=O) groups excluding carboxylic acids is 1. The first-order chi connectivity index (χ1) is 8.20. The molecule has 0 heterocycles. The van der Waals surface area contributed by atoms with Crippen molar-refractivity contribution >= 4 is 5.91 Å². The summed E-state index contributed by atoms with van der Waals surface area (Å²) in [5.74, 6) is -0.145. The lowest BCUT2D eigenvalue weighted by Gasteiger charge is -2.06. The molecule has 17 heavy (non-hydrogen) atoms. The molecule has 1 aromatic rings. The molecule has 1 aromatic carbocycles. The highest BCUT2D eigenvalue weighted by molar-refractivity contribution is 5.91. The molecule has 0 saturated heterocycles. The summed E-state index contributed by atoms with van der Waals surface area (Å²) in [5.41, 5.74) is 7.36. The summed E-state index contributed by atoms with van der Waals surface area (Å²) in [7, 11) is 0. The minimum absolute atomic E-state index is 0.145. The third-order valence-corrected chi connectivity index (χ3v) is 2.45. The summed E-state index contributed by atoms with van der Waals surface area (Å²) in [6.07, 6.45) is 3.22. The van der Waals surface area contributed by atoms with Gasteiger partial charge in [0.1, 0.15) is 0 Å². The molecule has 1 amide bonds. The van der Waals surface area contributed by atoms with E-state index in [0.29, 0.717) is 5.57 Å². The molecule has 2 N–H and O–H groups in total. The van der Waals surface area contributed by atoms with Gasteiger partial charge in [0.25, 0.3) is 5.91 Å². The van der Waals surface area contributed by atoms with Crippen molar-refractivity contribution in [3.05, 3.63) is 48.0 Å². The van der Waals surface area contributed by atoms with Crippen molar-refractivity contribution in [3.8, 4) is 0 Å². The van der Waals surface area contributed by atoms with Crippen LogP contribution in [0, 0.1) is 0 Å². The Morgan fingerprint density at radius 3 is 2.59 bits per heavy atom. The van der Waals surface area contributed by atoms with Crippen LogP contribution in [-0.4, -0.2) is 12.5 Å². The number of hydrogen-bond donors (Lipinski definition) is 2. The Labute approximate surface area is 103 Å². The van der Waals surface area contributed by atoms with E-state index in [1.165, 1.54) is 5.56 Å². The molecule has 0 radical (unpaired) electrons. The molecule has 1 rings (SSSR count). The van der Waals surface area contributed by atoms with Crippen LogP contribution in [-0.2, 0) is 11.2 Å². The summed E-state index contributed by atoms with van der Waals surface area (Å²) in [6.45, 7) is 6.03. The fourth-order valence-electron chi connectivity index (χ4n) is 1.44. The minimum atomic E-state index is -0.145. The monoisotopic (exact) mass is 232 g/mol. The van der Waals surface area contributed by atoms with Crippen molar-refractivity contribution in [3.63, 3.8) is 0 Å². The molecule has 0 atom stereocenters. The lowest BCUT2D eigenvalue weighted by atomic mass is 10.1. The molecule has 0 bridgehead atoms. The number of amides is 1. The topological polar surface area (TPSA) is 41.1 Å². The van der Waals surface area contributed by atoms with Crippen molar-refractivity contribution < 1.29 is 4.79 Å². The van der Waals surface area contributed by atoms with Crippen LogP contribution < -0.4 is 10.9 Å². The second kappa shape index (κ2) is 7.63. The fraction of sp³-hybridized carbons (Fsp3) is 0.357. The first-order valence-electron chi connectivity index (χ1n) is 5.93. The van der Waals surface area contributed by atoms with Gasteiger partial charge in [-0.2, -0.15) is 0 Å². The molecule has 0 fully saturated rings. The Hall–Kier alpha value is -1.61. The maximum absolute atomic E-state index is 11.1. The highest BCUT2D eigenvalue weighted by Crippen LogP contribution is 2.03. The fourth-order valence-corrected chi connectivity index (χ4v) is 1.44. The van der Waals surface area contributed by atoms with Gasteiger partial charge in [-0.1, -0.05) is 36.9 Å². The summed E-state index contributed by atoms with van der Waals surface area (Å²) >= 11 is 0. The van der Waals surface area contributed by atoms with Crippen molar-refractivity contribution in [1.29, 1.82) is 0 Å². The molecule has 3 nitrogen and oxygen atoms in total. The summed E-state index contributed by atoms with van der Waals surface area (Å²) in [6, 6.07) is 10.4. The van der Waals surface area contributed by atoms with Crippen molar-refractivity contribution in [1.82, 2.24) is 10.9 Å². The van der Waals surface area contributed by atoms with E-state index in [9.17, 15) is 4.79 Å². The second-order valence-electron chi connectivity index (χ2n) is 4.10. The normalized spacial score (nSPS) is 9.94. The van der Waals surface area contributed by atoms with Crippen molar-refractivity contribution in [2.24, 2.45) is 0 Å². The molecule has 0 aliphatic carbocycles. The van der Waals surface area contributed by atoms with E-state index in [-0.39, 0.29) is 5.91 Å². The standard InChI is InChI=1S/C14H20N2O/c1-12(2)14(17)16-15-11-7-6-10-13-8-4-3-5-9-13/h3-5,8-9,15H,1,6-7,10-11H2,2H3,(H,16,17). The molecule has 92 valence electrons. The number of nitrogens with one attached hydrogen (secondary N) is 2. The van der Waals surface area contributed by atoms with Gasteiger partial charge in [-0.15, -0.1) is 0 Å². The highest BCUT2D eigenvalue weighted by Gasteiger charge is 1.98. The Balaban J connectivity index is 2.02. The largest absolute Gasteiger partial charge is 0.288 e. The molecule has 0 aromatic heterocycles. The average molecular weight is 232 g/mol. The zero-order valence-electron chi connectivity index (χ0n) is 10.3. The van der Waals surface area contributed by atoms with Crippen LogP contribution in [0.25, 0.3) is 0 Å². The first-order valence-corrected chi connectivity index (χ1v) is 5.93. The molecule has 0 saturated carbocycles. The van der Waals surface area contributed by atoms with Gasteiger partial charge < -0.3 is 0 Å². The second-order valence-corrected chi connectivity index (χ2v) is 4.10. The quantitative estimate of drug-likeness (QED) is 0.430. The SMILES string of the molecule is C=C(C)C(=O)NNCCCCc1ccccc1. The Kier molecular flexibility index (Phi) is 6.04.